The summed E-state index contributed by atoms with van der Waals surface area (Å²) in [5, 5.41) is 2.72. The minimum absolute atomic E-state index is 0.0164. The Morgan fingerprint density at radius 3 is 2.50 bits per heavy atom. The van der Waals surface area contributed by atoms with Gasteiger partial charge in [0.25, 0.3) is 5.91 Å². The van der Waals surface area contributed by atoms with E-state index in [-0.39, 0.29) is 22.0 Å². The number of hydrogen-bond acceptors (Lipinski definition) is 3. The summed E-state index contributed by atoms with van der Waals surface area (Å²) in [6, 6.07) is 9.95. The molecule has 0 atom stereocenters. The van der Waals surface area contributed by atoms with Gasteiger partial charge in [-0.05, 0) is 30.3 Å². The third-order valence-corrected chi connectivity index (χ3v) is 3.59. The Morgan fingerprint density at radius 2 is 1.81 bits per heavy atom. The van der Waals surface area contributed by atoms with Gasteiger partial charge in [-0.1, -0.05) is 17.7 Å². The molecule has 5 nitrogen and oxygen atoms in total. The van der Waals surface area contributed by atoms with Gasteiger partial charge in [0.1, 0.15) is 5.75 Å². The average Bonchev–Trinajstić information content (AvgIpc) is 2.58. The van der Waals surface area contributed by atoms with Crippen molar-refractivity contribution in [2.45, 2.75) is 0 Å². The van der Waals surface area contributed by atoms with E-state index in [2.05, 4.69) is 10.3 Å². The van der Waals surface area contributed by atoms with E-state index in [1.165, 1.54) is 42.6 Å². The number of anilines is 1. The van der Waals surface area contributed by atoms with Crippen LogP contribution in [-0.2, 0) is 0 Å². The highest BCUT2D eigenvalue weighted by Crippen LogP contribution is 2.32. The highest BCUT2D eigenvalue weighted by atomic mass is 35.5. The van der Waals surface area contributed by atoms with Gasteiger partial charge in [0.15, 0.2) is 17.4 Å². The zero-order chi connectivity index (χ0) is 18.7. The lowest BCUT2D eigenvalue weighted by molar-refractivity contribution is 0.102. The fourth-order valence-electron chi connectivity index (χ4n) is 2.18. The van der Waals surface area contributed by atoms with E-state index in [1.807, 2.05) is 0 Å². The third-order valence-electron chi connectivity index (χ3n) is 3.35. The van der Waals surface area contributed by atoms with Crippen LogP contribution < -0.4 is 15.6 Å². The Labute approximate surface area is 151 Å². The topological polar surface area (TPSA) is 71.2 Å². The number of halogens is 3. The summed E-state index contributed by atoms with van der Waals surface area (Å²) in [5.41, 5.74) is -0.169. The fourth-order valence-corrected chi connectivity index (χ4v) is 2.34. The first-order chi connectivity index (χ1) is 12.4. The van der Waals surface area contributed by atoms with Gasteiger partial charge in [-0.2, -0.15) is 0 Å². The van der Waals surface area contributed by atoms with Gasteiger partial charge in [-0.3, -0.25) is 9.59 Å². The molecular formula is C18H11ClF2N2O3. The Morgan fingerprint density at radius 1 is 1.08 bits per heavy atom. The van der Waals surface area contributed by atoms with E-state index in [4.69, 9.17) is 16.3 Å². The number of aromatic nitrogens is 1. The first-order valence-electron chi connectivity index (χ1n) is 7.35. The standard InChI is InChI=1S/C18H11ClF2N2O3/c19-10-4-5-12(18(25)23-11-6-7-22-16(24)9-11)15(8-10)26-17-13(20)2-1-3-14(17)21/h1-9H,(H2,22,23,24,25). The molecule has 3 rings (SSSR count). The molecule has 0 aliphatic heterocycles. The highest BCUT2D eigenvalue weighted by Gasteiger charge is 2.18. The molecule has 2 aromatic carbocycles. The Bertz CT molecular complexity index is 1020. The van der Waals surface area contributed by atoms with E-state index in [0.29, 0.717) is 0 Å². The van der Waals surface area contributed by atoms with Crippen molar-refractivity contribution in [3.05, 3.63) is 87.3 Å². The van der Waals surface area contributed by atoms with Crippen molar-refractivity contribution >= 4 is 23.2 Å². The van der Waals surface area contributed by atoms with Crippen LogP contribution in [0.5, 0.6) is 11.5 Å². The molecule has 0 spiro atoms. The number of nitrogens with one attached hydrogen (secondary N) is 2. The summed E-state index contributed by atoms with van der Waals surface area (Å²) in [4.78, 5) is 26.2. The van der Waals surface area contributed by atoms with Crippen LogP contribution in [0.1, 0.15) is 10.4 Å². The Balaban J connectivity index is 1.95. The van der Waals surface area contributed by atoms with Crippen molar-refractivity contribution < 1.29 is 18.3 Å². The van der Waals surface area contributed by atoms with Crippen LogP contribution in [0.25, 0.3) is 0 Å². The molecule has 3 aromatic rings. The maximum atomic E-state index is 13.8. The molecule has 0 saturated carbocycles. The molecular weight excluding hydrogens is 366 g/mol. The average molecular weight is 377 g/mol. The molecule has 1 heterocycles. The Kier molecular flexibility index (Phi) is 4.99. The number of carbonyl (C=O) groups excluding carboxylic acids is 1. The van der Waals surface area contributed by atoms with Crippen molar-refractivity contribution in [1.29, 1.82) is 0 Å². The summed E-state index contributed by atoms with van der Waals surface area (Å²) < 4.78 is 32.9. The molecule has 0 aliphatic carbocycles. The quantitative estimate of drug-likeness (QED) is 0.711. The van der Waals surface area contributed by atoms with Gasteiger partial charge >= 0.3 is 0 Å². The van der Waals surface area contributed by atoms with E-state index in [9.17, 15) is 18.4 Å². The number of carbonyl (C=O) groups is 1. The number of para-hydroxylation sites is 1. The van der Waals surface area contributed by atoms with Crippen molar-refractivity contribution in [2.75, 3.05) is 5.32 Å². The van der Waals surface area contributed by atoms with Gasteiger partial charge in [0.2, 0.25) is 5.56 Å². The molecule has 1 aromatic heterocycles. The zero-order valence-corrected chi connectivity index (χ0v) is 13.8. The Hall–Kier alpha value is -3.19. The normalized spacial score (nSPS) is 10.4. The number of hydrogen-bond donors (Lipinski definition) is 2. The summed E-state index contributed by atoms with van der Waals surface area (Å²) in [6.45, 7) is 0. The summed E-state index contributed by atoms with van der Waals surface area (Å²) >= 11 is 5.90. The third kappa shape index (κ3) is 3.89. The second kappa shape index (κ2) is 7.37. The number of amides is 1. The maximum absolute atomic E-state index is 13.8. The van der Waals surface area contributed by atoms with Crippen LogP contribution in [0, 0.1) is 11.6 Å². The largest absolute Gasteiger partial charge is 0.450 e. The molecule has 0 radical (unpaired) electrons. The van der Waals surface area contributed by atoms with Crippen molar-refractivity contribution in [3.63, 3.8) is 0 Å². The number of ether oxygens (including phenoxy) is 1. The van der Waals surface area contributed by atoms with Crippen molar-refractivity contribution in [2.24, 2.45) is 0 Å². The second-order valence-corrected chi connectivity index (χ2v) is 5.63. The van der Waals surface area contributed by atoms with Crippen LogP contribution in [0.15, 0.2) is 59.5 Å². The zero-order valence-electron chi connectivity index (χ0n) is 13.1. The van der Waals surface area contributed by atoms with Crippen LogP contribution in [0.3, 0.4) is 0 Å². The molecule has 0 aliphatic rings. The van der Waals surface area contributed by atoms with Gasteiger partial charge in [-0.15, -0.1) is 0 Å². The van der Waals surface area contributed by atoms with E-state index < -0.39 is 28.9 Å². The van der Waals surface area contributed by atoms with Gasteiger partial charge in [0, 0.05) is 29.0 Å². The van der Waals surface area contributed by atoms with Gasteiger partial charge in [0.05, 0.1) is 5.56 Å². The molecule has 26 heavy (non-hydrogen) atoms. The second-order valence-electron chi connectivity index (χ2n) is 5.19. The predicted octanol–water partition coefficient (Wildman–Crippen LogP) is 4.35. The van der Waals surface area contributed by atoms with Crippen molar-refractivity contribution in [1.82, 2.24) is 4.98 Å². The lowest BCUT2D eigenvalue weighted by Gasteiger charge is -2.13. The molecule has 0 saturated heterocycles. The van der Waals surface area contributed by atoms with Gasteiger partial charge < -0.3 is 15.0 Å². The number of H-pyrrole nitrogens is 1. The van der Waals surface area contributed by atoms with Crippen LogP contribution >= 0.6 is 11.6 Å². The van der Waals surface area contributed by atoms with E-state index >= 15 is 0 Å². The van der Waals surface area contributed by atoms with Crippen LogP contribution in [0.2, 0.25) is 5.02 Å². The number of benzene rings is 2. The number of pyridine rings is 1. The SMILES string of the molecule is O=C(Nc1cc[nH]c(=O)c1)c1ccc(Cl)cc1Oc1c(F)cccc1F. The number of aromatic amines is 1. The summed E-state index contributed by atoms with van der Waals surface area (Å²) in [7, 11) is 0. The summed E-state index contributed by atoms with van der Waals surface area (Å²) in [5.74, 6) is -3.28. The van der Waals surface area contributed by atoms with Crippen LogP contribution in [0.4, 0.5) is 14.5 Å². The molecule has 0 bridgehead atoms. The molecule has 0 unspecified atom stereocenters. The van der Waals surface area contributed by atoms with E-state index in [0.717, 1.165) is 12.1 Å². The number of rotatable bonds is 4. The molecule has 8 heteroatoms. The lowest BCUT2D eigenvalue weighted by atomic mass is 10.1. The molecule has 2 N–H and O–H groups in total. The smallest absolute Gasteiger partial charge is 0.259 e. The molecule has 0 fully saturated rings. The maximum Gasteiger partial charge on any atom is 0.259 e. The first-order valence-corrected chi connectivity index (χ1v) is 7.73. The highest BCUT2D eigenvalue weighted by molar-refractivity contribution is 6.31. The van der Waals surface area contributed by atoms with E-state index in [1.54, 1.807) is 0 Å². The molecule has 132 valence electrons. The predicted molar refractivity (Wildman–Crippen MR) is 92.9 cm³/mol. The van der Waals surface area contributed by atoms with Crippen molar-refractivity contribution in [3.8, 4) is 11.5 Å². The first kappa shape index (κ1) is 17.6. The minimum atomic E-state index is -0.925. The molecule has 1 amide bonds. The minimum Gasteiger partial charge on any atom is -0.450 e. The monoisotopic (exact) mass is 376 g/mol. The summed E-state index contributed by atoms with van der Waals surface area (Å²) in [6.07, 6.45) is 1.37. The fraction of sp³-hybridized carbons (Fsp3) is 0. The lowest BCUT2D eigenvalue weighted by Crippen LogP contribution is -2.15. The van der Waals surface area contributed by atoms with Gasteiger partial charge in [-0.25, -0.2) is 8.78 Å². The van der Waals surface area contributed by atoms with Crippen LogP contribution in [-0.4, -0.2) is 10.9 Å².